The van der Waals surface area contributed by atoms with E-state index in [1.807, 2.05) is 19.9 Å². The molecule has 160 valence electrons. The summed E-state index contributed by atoms with van der Waals surface area (Å²) in [5.41, 5.74) is 1.90. The number of benzene rings is 2. The molecule has 0 radical (unpaired) electrons. The van der Waals surface area contributed by atoms with Crippen LogP contribution < -0.4 is 4.74 Å². The lowest BCUT2D eigenvalue weighted by Crippen LogP contribution is -2.03. The quantitative estimate of drug-likeness (QED) is 0.283. The molecule has 0 spiro atoms. The molecule has 1 aromatic heterocycles. The van der Waals surface area contributed by atoms with Gasteiger partial charge in [-0.05, 0) is 60.7 Å². The van der Waals surface area contributed by atoms with Crippen LogP contribution in [0.1, 0.15) is 42.7 Å². The Morgan fingerprint density at radius 3 is 2.30 bits per heavy atom. The number of ether oxygens (including phenoxy) is 1. The lowest BCUT2D eigenvalue weighted by atomic mass is 10.1. The van der Waals surface area contributed by atoms with Crippen LogP contribution in [-0.4, -0.2) is 6.61 Å². The van der Waals surface area contributed by atoms with Gasteiger partial charge in [0.05, 0.1) is 12.2 Å². The molecule has 6 heteroatoms. The Bertz CT molecular complexity index is 972. The van der Waals surface area contributed by atoms with Crippen molar-refractivity contribution in [1.82, 2.24) is 0 Å². The van der Waals surface area contributed by atoms with Crippen LogP contribution in [0, 0.1) is 5.82 Å². The highest BCUT2D eigenvalue weighted by Crippen LogP contribution is 2.32. The van der Waals surface area contributed by atoms with Gasteiger partial charge in [0.25, 0.3) is 0 Å². The number of rotatable bonds is 8. The van der Waals surface area contributed by atoms with Gasteiger partial charge >= 0.3 is 6.18 Å². The first-order valence-corrected chi connectivity index (χ1v) is 10.0. The smallest absolute Gasteiger partial charge is 0.416 e. The van der Waals surface area contributed by atoms with Crippen molar-refractivity contribution in [2.45, 2.75) is 45.7 Å². The Morgan fingerprint density at radius 1 is 0.933 bits per heavy atom. The Labute approximate surface area is 173 Å². The van der Waals surface area contributed by atoms with Gasteiger partial charge in [0.2, 0.25) is 0 Å². The summed E-state index contributed by atoms with van der Waals surface area (Å²) >= 11 is 0. The van der Waals surface area contributed by atoms with Crippen LogP contribution in [0.4, 0.5) is 17.6 Å². The van der Waals surface area contributed by atoms with Crippen LogP contribution in [0.3, 0.4) is 0 Å². The largest absolute Gasteiger partial charge is 0.490 e. The number of furan rings is 1. The van der Waals surface area contributed by atoms with E-state index in [-0.39, 0.29) is 11.6 Å². The molecule has 1 heterocycles. The van der Waals surface area contributed by atoms with E-state index in [9.17, 15) is 17.6 Å². The van der Waals surface area contributed by atoms with Crippen LogP contribution in [0.15, 0.2) is 52.9 Å². The summed E-state index contributed by atoms with van der Waals surface area (Å²) in [6.07, 6.45) is -1.56. The maximum Gasteiger partial charge on any atom is 0.416 e. The predicted octanol–water partition coefficient (Wildman–Crippen LogP) is 7.24. The first-order chi connectivity index (χ1) is 14.3. The molecule has 0 bridgehead atoms. The van der Waals surface area contributed by atoms with Crippen molar-refractivity contribution < 1.29 is 26.7 Å². The molecule has 2 aromatic carbocycles. The Balaban J connectivity index is 1.64. The third-order valence-corrected chi connectivity index (χ3v) is 4.97. The molecule has 0 saturated carbocycles. The van der Waals surface area contributed by atoms with Crippen LogP contribution in [0.2, 0.25) is 0 Å². The van der Waals surface area contributed by atoms with Crippen LogP contribution >= 0.6 is 0 Å². The maximum atomic E-state index is 13.9. The molecule has 0 aliphatic carbocycles. The average Bonchev–Trinajstić information content (AvgIpc) is 3.15. The fraction of sp³-hybridized carbons (Fsp3) is 0.333. The number of hydrogen-bond acceptors (Lipinski definition) is 2. The minimum absolute atomic E-state index is 0.253. The van der Waals surface area contributed by atoms with Crippen molar-refractivity contribution in [2.75, 3.05) is 6.61 Å². The van der Waals surface area contributed by atoms with Crippen LogP contribution in [0.5, 0.6) is 5.75 Å². The molecule has 2 nitrogen and oxygen atoms in total. The van der Waals surface area contributed by atoms with E-state index in [2.05, 4.69) is 0 Å². The molecule has 0 fully saturated rings. The summed E-state index contributed by atoms with van der Waals surface area (Å²) in [5, 5.41) is 0. The van der Waals surface area contributed by atoms with E-state index < -0.39 is 11.7 Å². The zero-order valence-electron chi connectivity index (χ0n) is 17.0. The summed E-state index contributed by atoms with van der Waals surface area (Å²) < 4.78 is 63.6. The molecule has 0 amide bonds. The highest BCUT2D eigenvalue weighted by atomic mass is 19.4. The fourth-order valence-corrected chi connectivity index (χ4v) is 3.27. The van der Waals surface area contributed by atoms with E-state index >= 15 is 0 Å². The van der Waals surface area contributed by atoms with Gasteiger partial charge < -0.3 is 9.15 Å². The van der Waals surface area contributed by atoms with Crippen molar-refractivity contribution in [3.8, 4) is 17.1 Å². The molecule has 3 aromatic rings. The molecule has 0 unspecified atom stereocenters. The van der Waals surface area contributed by atoms with Gasteiger partial charge in [-0.25, -0.2) is 4.39 Å². The fourth-order valence-electron chi connectivity index (χ4n) is 3.27. The number of aryl methyl sites for hydroxylation is 3. The predicted molar refractivity (Wildman–Crippen MR) is 108 cm³/mol. The highest BCUT2D eigenvalue weighted by Gasteiger charge is 2.30. The topological polar surface area (TPSA) is 22.4 Å². The zero-order chi connectivity index (χ0) is 21.7. The number of alkyl halides is 3. The molecule has 0 aliphatic rings. The minimum Gasteiger partial charge on any atom is -0.490 e. The Morgan fingerprint density at radius 2 is 1.67 bits per heavy atom. The molecule has 0 aliphatic heterocycles. The average molecular weight is 420 g/mol. The van der Waals surface area contributed by atoms with Gasteiger partial charge in [-0.2, -0.15) is 13.2 Å². The van der Waals surface area contributed by atoms with E-state index in [0.717, 1.165) is 35.4 Å². The zero-order valence-corrected chi connectivity index (χ0v) is 17.0. The first-order valence-electron chi connectivity index (χ1n) is 10.0. The Kier molecular flexibility index (Phi) is 6.85. The highest BCUT2D eigenvalue weighted by molar-refractivity contribution is 5.59. The third kappa shape index (κ3) is 5.23. The van der Waals surface area contributed by atoms with Crippen molar-refractivity contribution in [3.05, 3.63) is 76.8 Å². The van der Waals surface area contributed by atoms with Gasteiger partial charge in [-0.15, -0.1) is 0 Å². The van der Waals surface area contributed by atoms with Crippen LogP contribution in [0.25, 0.3) is 11.3 Å². The summed E-state index contributed by atoms with van der Waals surface area (Å²) in [4.78, 5) is 0. The molecule has 30 heavy (non-hydrogen) atoms. The SMILES string of the molecule is CCc1ccc(F)c(OCCCc2cc(-c3ccc(C(F)(F)F)cc3)oc2CC)c1. The molecule has 3 rings (SSSR count). The Hall–Kier alpha value is -2.76. The van der Waals surface area contributed by atoms with E-state index in [0.29, 0.717) is 37.2 Å². The molecular formula is C24H24F4O2. The summed E-state index contributed by atoms with van der Waals surface area (Å²) in [5.74, 6) is 1.21. The van der Waals surface area contributed by atoms with Gasteiger partial charge in [0.15, 0.2) is 11.6 Å². The van der Waals surface area contributed by atoms with Crippen LogP contribution in [-0.2, 0) is 25.4 Å². The van der Waals surface area contributed by atoms with Crippen molar-refractivity contribution in [3.63, 3.8) is 0 Å². The third-order valence-electron chi connectivity index (χ3n) is 4.97. The van der Waals surface area contributed by atoms with E-state index in [1.165, 1.54) is 18.2 Å². The van der Waals surface area contributed by atoms with Gasteiger partial charge in [-0.3, -0.25) is 0 Å². The second-order valence-corrected chi connectivity index (χ2v) is 7.06. The summed E-state index contributed by atoms with van der Waals surface area (Å²) in [7, 11) is 0. The number of hydrogen-bond donors (Lipinski definition) is 0. The van der Waals surface area contributed by atoms with Gasteiger partial charge in [0, 0.05) is 12.0 Å². The minimum atomic E-state index is -4.36. The maximum absolute atomic E-state index is 13.9. The number of halogens is 4. The van der Waals surface area contributed by atoms with Crippen molar-refractivity contribution in [1.29, 1.82) is 0 Å². The first kappa shape index (κ1) is 21.9. The van der Waals surface area contributed by atoms with Crippen molar-refractivity contribution >= 4 is 0 Å². The summed E-state index contributed by atoms with van der Waals surface area (Å²) in [6, 6.07) is 11.7. The summed E-state index contributed by atoms with van der Waals surface area (Å²) in [6.45, 7) is 4.31. The standard InChI is InChI=1S/C24H24F4O2/c1-3-16-7-12-20(25)23(14-16)29-13-5-6-18-15-22(30-21(18)4-2)17-8-10-19(11-9-17)24(26,27)28/h7-12,14-15H,3-6,13H2,1-2H3. The van der Waals surface area contributed by atoms with E-state index in [1.54, 1.807) is 12.1 Å². The molecule has 0 saturated heterocycles. The second kappa shape index (κ2) is 9.37. The van der Waals surface area contributed by atoms with Crippen molar-refractivity contribution in [2.24, 2.45) is 0 Å². The van der Waals surface area contributed by atoms with Gasteiger partial charge in [-0.1, -0.05) is 32.0 Å². The molecular weight excluding hydrogens is 396 g/mol. The lowest BCUT2D eigenvalue weighted by Gasteiger charge is -2.08. The second-order valence-electron chi connectivity index (χ2n) is 7.06. The molecule has 0 N–H and O–H groups in total. The van der Waals surface area contributed by atoms with Gasteiger partial charge in [0.1, 0.15) is 11.5 Å². The lowest BCUT2D eigenvalue weighted by molar-refractivity contribution is -0.137. The normalized spacial score (nSPS) is 11.7. The van der Waals surface area contributed by atoms with E-state index in [4.69, 9.17) is 9.15 Å². The monoisotopic (exact) mass is 420 g/mol. The molecule has 0 atom stereocenters.